The van der Waals surface area contributed by atoms with Crippen LogP contribution in [0.5, 0.6) is 0 Å². The number of nitrogens with zero attached hydrogens (tertiary/aromatic N) is 2. The van der Waals surface area contributed by atoms with Crippen LogP contribution in [0.3, 0.4) is 0 Å². The number of alkyl halides is 2. The number of nitriles is 1. The summed E-state index contributed by atoms with van der Waals surface area (Å²) < 4.78 is 29.7. The van der Waals surface area contributed by atoms with E-state index in [0.717, 1.165) is 13.3 Å². The number of aromatic nitrogens is 1. The Kier molecular flexibility index (Phi) is 3.35. The second-order valence-electron chi connectivity index (χ2n) is 2.75. The first-order valence-corrected chi connectivity index (χ1v) is 4.07. The van der Waals surface area contributed by atoms with Crippen molar-refractivity contribution in [3.8, 4) is 6.07 Å². The van der Waals surface area contributed by atoms with Gasteiger partial charge in [0.15, 0.2) is 0 Å². The molecule has 0 atom stereocenters. The number of methoxy groups -OCH3 is 1. The van der Waals surface area contributed by atoms with E-state index in [4.69, 9.17) is 11.0 Å². The van der Waals surface area contributed by atoms with Crippen LogP contribution in [0, 0.1) is 11.3 Å². The molecule has 1 rings (SSSR count). The maximum absolute atomic E-state index is 12.7. The lowest BCUT2D eigenvalue weighted by Gasteiger charge is -2.09. The monoisotopic (exact) mass is 227 g/mol. The summed E-state index contributed by atoms with van der Waals surface area (Å²) in [4.78, 5) is 14.7. The number of halogens is 2. The van der Waals surface area contributed by atoms with Crippen molar-refractivity contribution < 1.29 is 18.3 Å². The van der Waals surface area contributed by atoms with Crippen LogP contribution >= 0.6 is 0 Å². The van der Waals surface area contributed by atoms with E-state index in [1.54, 1.807) is 0 Å². The van der Waals surface area contributed by atoms with E-state index in [9.17, 15) is 13.6 Å². The van der Waals surface area contributed by atoms with Crippen LogP contribution in [0.1, 0.15) is 27.9 Å². The Morgan fingerprint density at radius 2 is 2.31 bits per heavy atom. The maximum atomic E-state index is 12.7. The van der Waals surface area contributed by atoms with Crippen LogP contribution in [0.4, 0.5) is 14.6 Å². The van der Waals surface area contributed by atoms with Gasteiger partial charge in [0, 0.05) is 6.20 Å². The van der Waals surface area contributed by atoms with Crippen LogP contribution in [0.2, 0.25) is 0 Å². The van der Waals surface area contributed by atoms with Crippen LogP contribution in [-0.2, 0) is 4.74 Å². The number of anilines is 1. The number of esters is 1. The van der Waals surface area contributed by atoms with Gasteiger partial charge in [-0.2, -0.15) is 5.26 Å². The Hall–Kier alpha value is -2.23. The predicted octanol–water partition coefficient (Wildman–Crippen LogP) is 1.26. The van der Waals surface area contributed by atoms with E-state index in [1.807, 2.05) is 0 Å². The highest BCUT2D eigenvalue weighted by molar-refractivity contribution is 5.92. The van der Waals surface area contributed by atoms with E-state index >= 15 is 0 Å². The smallest absolute Gasteiger partial charge is 0.339 e. The maximum Gasteiger partial charge on any atom is 0.339 e. The fourth-order valence-electron chi connectivity index (χ4n) is 1.16. The standard InChI is InChI=1S/C9H7F2N3O2/c1-16-9(15)5-3-14-8(13)4(2-12)6(5)7(10)11/h3,7H,1H3,(H2,13,14). The zero-order valence-corrected chi connectivity index (χ0v) is 8.20. The van der Waals surface area contributed by atoms with Gasteiger partial charge >= 0.3 is 5.97 Å². The number of pyridine rings is 1. The highest BCUT2D eigenvalue weighted by Gasteiger charge is 2.25. The third-order valence-electron chi connectivity index (χ3n) is 1.88. The van der Waals surface area contributed by atoms with Crippen molar-refractivity contribution in [2.45, 2.75) is 6.43 Å². The average Bonchev–Trinajstić information content (AvgIpc) is 2.27. The Balaban J connectivity index is 3.53. The summed E-state index contributed by atoms with van der Waals surface area (Å²) in [6, 6.07) is 1.49. The topological polar surface area (TPSA) is 89.0 Å². The fraction of sp³-hybridized carbons (Fsp3) is 0.222. The van der Waals surface area contributed by atoms with Crippen LogP contribution in [0.25, 0.3) is 0 Å². The Labute approximate surface area is 89.4 Å². The van der Waals surface area contributed by atoms with Crippen molar-refractivity contribution in [3.63, 3.8) is 0 Å². The molecule has 1 aromatic rings. The van der Waals surface area contributed by atoms with Crippen LogP contribution in [0.15, 0.2) is 6.20 Å². The second-order valence-corrected chi connectivity index (χ2v) is 2.75. The summed E-state index contributed by atoms with van der Waals surface area (Å²) in [5, 5.41) is 8.67. The molecule has 0 unspecified atom stereocenters. The number of hydrogen-bond acceptors (Lipinski definition) is 5. The largest absolute Gasteiger partial charge is 0.465 e. The predicted molar refractivity (Wildman–Crippen MR) is 49.7 cm³/mol. The minimum Gasteiger partial charge on any atom is -0.465 e. The Morgan fingerprint density at radius 3 is 2.75 bits per heavy atom. The van der Waals surface area contributed by atoms with Gasteiger partial charge in [-0.3, -0.25) is 0 Å². The number of rotatable bonds is 2. The fourth-order valence-corrected chi connectivity index (χ4v) is 1.16. The SMILES string of the molecule is COC(=O)c1cnc(N)c(C#N)c1C(F)F. The van der Waals surface area contributed by atoms with Crippen molar-refractivity contribution in [1.82, 2.24) is 4.98 Å². The molecule has 7 heteroatoms. The molecule has 0 aromatic carbocycles. The molecule has 5 nitrogen and oxygen atoms in total. The molecule has 2 N–H and O–H groups in total. The van der Waals surface area contributed by atoms with E-state index in [2.05, 4.69) is 9.72 Å². The van der Waals surface area contributed by atoms with Gasteiger partial charge in [0.1, 0.15) is 17.5 Å². The molecule has 84 valence electrons. The number of carbonyl (C=O) groups excluding carboxylic acids is 1. The van der Waals surface area contributed by atoms with Crippen molar-refractivity contribution in [2.24, 2.45) is 0 Å². The van der Waals surface area contributed by atoms with Crippen molar-refractivity contribution in [1.29, 1.82) is 5.26 Å². The lowest BCUT2D eigenvalue weighted by molar-refractivity contribution is 0.0588. The summed E-state index contributed by atoms with van der Waals surface area (Å²) in [5.74, 6) is -1.33. The minimum absolute atomic E-state index is 0.342. The third-order valence-corrected chi connectivity index (χ3v) is 1.88. The van der Waals surface area contributed by atoms with E-state index in [0.29, 0.717) is 0 Å². The van der Waals surface area contributed by atoms with Gasteiger partial charge in [0.2, 0.25) is 0 Å². The number of ether oxygens (including phenoxy) is 1. The summed E-state index contributed by atoms with van der Waals surface area (Å²) in [5.41, 5.74) is 3.56. The molecule has 16 heavy (non-hydrogen) atoms. The number of nitrogens with two attached hydrogens (primary N) is 1. The van der Waals surface area contributed by atoms with Gasteiger partial charge < -0.3 is 10.5 Å². The zero-order valence-electron chi connectivity index (χ0n) is 8.20. The molecule has 0 bridgehead atoms. The Bertz CT molecular complexity index is 469. The van der Waals surface area contributed by atoms with Gasteiger partial charge in [-0.25, -0.2) is 18.6 Å². The first kappa shape index (κ1) is 11.8. The van der Waals surface area contributed by atoms with Gasteiger partial charge in [-0.1, -0.05) is 0 Å². The van der Waals surface area contributed by atoms with E-state index < -0.39 is 29.1 Å². The minimum atomic E-state index is -3.01. The third kappa shape index (κ3) is 1.91. The van der Waals surface area contributed by atoms with Crippen molar-refractivity contribution in [3.05, 3.63) is 22.9 Å². The molecule has 0 saturated carbocycles. The lowest BCUT2D eigenvalue weighted by Crippen LogP contribution is -2.11. The Morgan fingerprint density at radius 1 is 1.69 bits per heavy atom. The second kappa shape index (κ2) is 4.53. The zero-order chi connectivity index (χ0) is 12.3. The van der Waals surface area contributed by atoms with Crippen LogP contribution < -0.4 is 5.73 Å². The molecule has 1 aromatic heterocycles. The quantitative estimate of drug-likeness (QED) is 0.768. The van der Waals surface area contributed by atoms with E-state index in [1.165, 1.54) is 6.07 Å². The van der Waals surface area contributed by atoms with Gasteiger partial charge in [0.25, 0.3) is 6.43 Å². The summed E-state index contributed by atoms with van der Waals surface area (Å²) in [7, 11) is 1.04. The molecule has 0 amide bonds. The molecule has 0 spiro atoms. The number of hydrogen-bond donors (Lipinski definition) is 1. The average molecular weight is 227 g/mol. The lowest BCUT2D eigenvalue weighted by atomic mass is 10.0. The summed E-state index contributed by atoms with van der Waals surface area (Å²) in [6.07, 6.45) is -2.14. The normalized spacial score (nSPS) is 9.94. The molecule has 0 fully saturated rings. The van der Waals surface area contributed by atoms with Crippen LogP contribution in [-0.4, -0.2) is 18.1 Å². The molecule has 0 aliphatic carbocycles. The van der Waals surface area contributed by atoms with Gasteiger partial charge in [-0.05, 0) is 0 Å². The first-order chi connectivity index (χ1) is 7.52. The molecule has 0 aliphatic rings. The van der Waals surface area contributed by atoms with Crippen molar-refractivity contribution in [2.75, 3.05) is 12.8 Å². The van der Waals surface area contributed by atoms with Crippen molar-refractivity contribution >= 4 is 11.8 Å². The molecule has 0 radical (unpaired) electrons. The van der Waals surface area contributed by atoms with E-state index in [-0.39, 0.29) is 5.82 Å². The van der Waals surface area contributed by atoms with Gasteiger partial charge in [0.05, 0.1) is 18.2 Å². The molecule has 1 heterocycles. The number of carbonyl (C=O) groups is 1. The summed E-state index contributed by atoms with van der Waals surface area (Å²) in [6.45, 7) is 0. The highest BCUT2D eigenvalue weighted by atomic mass is 19.3. The molecular formula is C9H7F2N3O2. The first-order valence-electron chi connectivity index (χ1n) is 4.07. The molecular weight excluding hydrogens is 220 g/mol. The highest BCUT2D eigenvalue weighted by Crippen LogP contribution is 2.29. The number of nitrogen functional groups attached to an aromatic ring is 1. The molecule has 0 saturated heterocycles. The van der Waals surface area contributed by atoms with Gasteiger partial charge in [-0.15, -0.1) is 0 Å². The summed E-state index contributed by atoms with van der Waals surface area (Å²) >= 11 is 0. The molecule has 0 aliphatic heterocycles.